The Labute approximate surface area is 133 Å². The molecular weight excluding hydrogens is 294 g/mol. The Bertz CT molecular complexity index is 754. The van der Waals surface area contributed by atoms with Crippen molar-refractivity contribution in [3.05, 3.63) is 65.2 Å². The highest BCUT2D eigenvalue weighted by Crippen LogP contribution is 2.36. The molecule has 2 atom stereocenters. The molecule has 5 nitrogen and oxygen atoms in total. The molecule has 118 valence electrons. The number of aliphatic hydroxyl groups excluding tert-OH is 1. The minimum Gasteiger partial charge on any atom is -0.481 e. The third-order valence-electron chi connectivity index (χ3n) is 4.21. The maximum atomic E-state index is 12.5. The van der Waals surface area contributed by atoms with Gasteiger partial charge in [0.15, 0.2) is 6.23 Å². The van der Waals surface area contributed by atoms with Gasteiger partial charge in [-0.2, -0.15) is 0 Å². The lowest BCUT2D eigenvalue weighted by Gasteiger charge is -2.21. The quantitative estimate of drug-likeness (QED) is 0.910. The van der Waals surface area contributed by atoms with E-state index >= 15 is 0 Å². The van der Waals surface area contributed by atoms with Crippen LogP contribution in [0.15, 0.2) is 48.5 Å². The minimum atomic E-state index is -1.02. The van der Waals surface area contributed by atoms with Gasteiger partial charge >= 0.3 is 5.97 Å². The fraction of sp³-hybridized carbons (Fsp3) is 0.222. The van der Waals surface area contributed by atoms with Crippen LogP contribution >= 0.6 is 0 Å². The molecule has 5 heteroatoms. The first-order valence-corrected chi connectivity index (χ1v) is 7.48. The standard InChI is InChI=1S/C18H17NO4/c1-2-13(18(22)23)11-7-9-12(10-8-11)19-16(20)14-5-3-4-6-15(14)17(19)21/h3-10,13,16,20H,2H2,1H3,(H,22,23). The van der Waals surface area contributed by atoms with Crippen molar-refractivity contribution in [2.45, 2.75) is 25.5 Å². The zero-order valence-corrected chi connectivity index (χ0v) is 12.6. The van der Waals surface area contributed by atoms with E-state index in [2.05, 4.69) is 0 Å². The van der Waals surface area contributed by atoms with E-state index in [9.17, 15) is 19.8 Å². The van der Waals surface area contributed by atoms with E-state index in [1.54, 1.807) is 48.5 Å². The van der Waals surface area contributed by atoms with Crippen molar-refractivity contribution in [2.75, 3.05) is 4.90 Å². The molecule has 2 aromatic carbocycles. The van der Waals surface area contributed by atoms with Crippen LogP contribution in [0, 0.1) is 0 Å². The maximum Gasteiger partial charge on any atom is 0.310 e. The Morgan fingerprint density at radius 3 is 2.39 bits per heavy atom. The highest BCUT2D eigenvalue weighted by molar-refractivity contribution is 6.10. The molecule has 0 saturated heterocycles. The lowest BCUT2D eigenvalue weighted by Crippen LogP contribution is -2.27. The van der Waals surface area contributed by atoms with E-state index in [-0.39, 0.29) is 5.91 Å². The van der Waals surface area contributed by atoms with Crippen LogP contribution in [0.2, 0.25) is 0 Å². The molecule has 1 heterocycles. The normalized spacial score (nSPS) is 17.9. The van der Waals surface area contributed by atoms with Crippen LogP contribution in [-0.2, 0) is 4.79 Å². The molecule has 1 amide bonds. The molecule has 0 bridgehead atoms. The van der Waals surface area contributed by atoms with Crippen molar-refractivity contribution in [2.24, 2.45) is 0 Å². The van der Waals surface area contributed by atoms with Gasteiger partial charge in [-0.05, 0) is 30.2 Å². The summed E-state index contributed by atoms with van der Waals surface area (Å²) in [5.41, 5.74) is 2.30. The smallest absolute Gasteiger partial charge is 0.310 e. The van der Waals surface area contributed by atoms with Crippen molar-refractivity contribution >= 4 is 17.6 Å². The van der Waals surface area contributed by atoms with Crippen molar-refractivity contribution in [3.63, 3.8) is 0 Å². The summed E-state index contributed by atoms with van der Waals surface area (Å²) in [5.74, 6) is -1.70. The number of hydrogen-bond acceptors (Lipinski definition) is 3. The molecule has 1 aliphatic heterocycles. The topological polar surface area (TPSA) is 77.8 Å². The van der Waals surface area contributed by atoms with Gasteiger partial charge in [-0.15, -0.1) is 0 Å². The van der Waals surface area contributed by atoms with Crippen LogP contribution in [0.3, 0.4) is 0 Å². The predicted octanol–water partition coefficient (Wildman–Crippen LogP) is 2.92. The fourth-order valence-corrected chi connectivity index (χ4v) is 2.98. The van der Waals surface area contributed by atoms with E-state index in [1.807, 2.05) is 6.92 Å². The summed E-state index contributed by atoms with van der Waals surface area (Å²) < 4.78 is 0. The van der Waals surface area contributed by atoms with Crippen LogP contribution in [0.5, 0.6) is 0 Å². The number of aliphatic carboxylic acids is 1. The average Bonchev–Trinajstić information content (AvgIpc) is 2.81. The number of carboxylic acids is 1. The van der Waals surface area contributed by atoms with E-state index in [0.29, 0.717) is 28.8 Å². The SMILES string of the molecule is CCC(C(=O)O)c1ccc(N2C(=O)c3ccccc3C2O)cc1. The first-order chi connectivity index (χ1) is 11.0. The van der Waals surface area contributed by atoms with Gasteiger partial charge in [0.25, 0.3) is 5.91 Å². The lowest BCUT2D eigenvalue weighted by atomic mass is 9.96. The second kappa shape index (κ2) is 5.85. The number of fused-ring (bicyclic) bond motifs is 1. The van der Waals surface area contributed by atoms with Gasteiger partial charge in [0.05, 0.1) is 5.92 Å². The highest BCUT2D eigenvalue weighted by atomic mass is 16.4. The van der Waals surface area contributed by atoms with Gasteiger partial charge in [-0.25, -0.2) is 0 Å². The summed E-state index contributed by atoms with van der Waals surface area (Å²) in [7, 11) is 0. The summed E-state index contributed by atoms with van der Waals surface area (Å²) in [6, 6.07) is 13.7. The summed E-state index contributed by atoms with van der Waals surface area (Å²) in [5, 5.41) is 19.6. The number of amides is 1. The minimum absolute atomic E-state index is 0.258. The van der Waals surface area contributed by atoms with E-state index in [1.165, 1.54) is 4.90 Å². The molecular formula is C18H17NO4. The van der Waals surface area contributed by atoms with Crippen LogP contribution in [-0.4, -0.2) is 22.1 Å². The number of benzene rings is 2. The van der Waals surface area contributed by atoms with Gasteiger partial charge in [-0.1, -0.05) is 37.3 Å². The number of carbonyl (C=O) groups is 2. The fourth-order valence-electron chi connectivity index (χ4n) is 2.98. The molecule has 0 spiro atoms. The Balaban J connectivity index is 1.92. The van der Waals surface area contributed by atoms with Crippen molar-refractivity contribution in [3.8, 4) is 0 Å². The predicted molar refractivity (Wildman–Crippen MR) is 85.3 cm³/mol. The first kappa shape index (κ1) is 15.2. The number of carbonyl (C=O) groups excluding carboxylic acids is 1. The Hall–Kier alpha value is -2.66. The molecule has 0 aromatic heterocycles. The molecule has 0 fully saturated rings. The second-order valence-electron chi connectivity index (χ2n) is 5.53. The molecule has 23 heavy (non-hydrogen) atoms. The van der Waals surface area contributed by atoms with Gasteiger partial charge in [0.1, 0.15) is 0 Å². The van der Waals surface area contributed by atoms with Crippen LogP contribution in [0.25, 0.3) is 0 Å². The number of carboxylic acid groups (broad SMARTS) is 1. The Kier molecular flexibility index (Phi) is 3.88. The van der Waals surface area contributed by atoms with Gasteiger partial charge in [0.2, 0.25) is 0 Å². The van der Waals surface area contributed by atoms with Gasteiger partial charge < -0.3 is 10.2 Å². The molecule has 2 aromatic rings. The molecule has 1 aliphatic rings. The molecule has 0 radical (unpaired) electrons. The van der Waals surface area contributed by atoms with Crippen LogP contribution < -0.4 is 4.90 Å². The second-order valence-corrected chi connectivity index (χ2v) is 5.53. The van der Waals surface area contributed by atoms with Crippen molar-refractivity contribution in [1.29, 1.82) is 0 Å². The Morgan fingerprint density at radius 1 is 1.17 bits per heavy atom. The van der Waals surface area contributed by atoms with E-state index in [4.69, 9.17) is 0 Å². The number of hydrogen-bond donors (Lipinski definition) is 2. The Morgan fingerprint density at radius 2 is 1.83 bits per heavy atom. The molecule has 2 unspecified atom stereocenters. The van der Waals surface area contributed by atoms with Crippen LogP contribution in [0.4, 0.5) is 5.69 Å². The summed E-state index contributed by atoms with van der Waals surface area (Å²) >= 11 is 0. The first-order valence-electron chi connectivity index (χ1n) is 7.48. The largest absolute Gasteiger partial charge is 0.481 e. The summed E-state index contributed by atoms with van der Waals surface area (Å²) in [6.45, 7) is 1.82. The monoisotopic (exact) mass is 311 g/mol. The van der Waals surface area contributed by atoms with Gasteiger partial charge in [0, 0.05) is 16.8 Å². The zero-order chi connectivity index (χ0) is 16.6. The summed E-state index contributed by atoms with van der Waals surface area (Å²) in [6.07, 6.45) is -0.531. The number of aliphatic hydroxyl groups is 1. The van der Waals surface area contributed by atoms with Crippen molar-refractivity contribution < 1.29 is 19.8 Å². The molecule has 3 rings (SSSR count). The molecule has 0 saturated carbocycles. The summed E-state index contributed by atoms with van der Waals surface area (Å²) in [4.78, 5) is 25.0. The zero-order valence-electron chi connectivity index (χ0n) is 12.6. The third-order valence-corrected chi connectivity index (χ3v) is 4.21. The van der Waals surface area contributed by atoms with Crippen molar-refractivity contribution in [1.82, 2.24) is 0 Å². The number of anilines is 1. The van der Waals surface area contributed by atoms with Crippen LogP contribution in [0.1, 0.15) is 47.0 Å². The third kappa shape index (κ3) is 2.49. The van der Waals surface area contributed by atoms with E-state index < -0.39 is 18.1 Å². The maximum absolute atomic E-state index is 12.5. The lowest BCUT2D eigenvalue weighted by molar-refractivity contribution is -0.138. The number of nitrogens with zero attached hydrogens (tertiary/aromatic N) is 1. The number of rotatable bonds is 4. The average molecular weight is 311 g/mol. The van der Waals surface area contributed by atoms with E-state index in [0.717, 1.165) is 0 Å². The molecule has 0 aliphatic carbocycles. The van der Waals surface area contributed by atoms with Gasteiger partial charge in [-0.3, -0.25) is 14.5 Å². The highest BCUT2D eigenvalue weighted by Gasteiger charge is 2.36. The molecule has 2 N–H and O–H groups in total.